The standard InChI is InChI=1S/C10H24N2O2/c1-3-9(7-13)12-10(8-14-2)5-4-6-11/h9-10,12-13H,3-8,11H2,1-2H3/t9-,10?/m1/s1. The molecule has 4 nitrogen and oxygen atoms in total. The molecule has 0 spiro atoms. The summed E-state index contributed by atoms with van der Waals surface area (Å²) in [5.41, 5.74) is 5.45. The Hall–Kier alpha value is -0.160. The van der Waals surface area contributed by atoms with E-state index in [2.05, 4.69) is 12.2 Å². The van der Waals surface area contributed by atoms with Crippen LogP contribution in [0.25, 0.3) is 0 Å². The van der Waals surface area contributed by atoms with E-state index in [-0.39, 0.29) is 12.6 Å². The van der Waals surface area contributed by atoms with Crippen molar-refractivity contribution in [2.45, 2.75) is 38.3 Å². The second-order valence-corrected chi connectivity index (χ2v) is 3.54. The Morgan fingerprint density at radius 1 is 1.43 bits per heavy atom. The van der Waals surface area contributed by atoms with E-state index in [0.29, 0.717) is 19.2 Å². The summed E-state index contributed by atoms with van der Waals surface area (Å²) in [6, 6.07) is 0.480. The summed E-state index contributed by atoms with van der Waals surface area (Å²) in [5, 5.41) is 12.4. The van der Waals surface area contributed by atoms with Gasteiger partial charge in [-0.2, -0.15) is 0 Å². The predicted molar refractivity (Wildman–Crippen MR) is 58.3 cm³/mol. The molecule has 0 aromatic rings. The van der Waals surface area contributed by atoms with Gasteiger partial charge in [0.2, 0.25) is 0 Å². The van der Waals surface area contributed by atoms with Gasteiger partial charge in [0.15, 0.2) is 0 Å². The van der Waals surface area contributed by atoms with Crippen LogP contribution in [0.2, 0.25) is 0 Å². The third-order valence-corrected chi connectivity index (χ3v) is 2.31. The molecule has 0 fully saturated rings. The highest BCUT2D eigenvalue weighted by atomic mass is 16.5. The Kier molecular flexibility index (Phi) is 9.29. The summed E-state index contributed by atoms with van der Waals surface area (Å²) in [6.45, 7) is 3.62. The number of nitrogens with one attached hydrogen (secondary N) is 1. The lowest BCUT2D eigenvalue weighted by Crippen LogP contribution is -2.42. The Bertz CT molecular complexity index is 119. The number of hydrogen-bond acceptors (Lipinski definition) is 4. The van der Waals surface area contributed by atoms with Crippen molar-refractivity contribution in [3.8, 4) is 0 Å². The molecule has 0 aromatic carbocycles. The predicted octanol–water partition coefficient (Wildman–Crippen LogP) is 0.101. The molecule has 0 saturated heterocycles. The number of nitrogens with two attached hydrogens (primary N) is 1. The number of methoxy groups -OCH3 is 1. The lowest BCUT2D eigenvalue weighted by molar-refractivity contribution is 0.142. The maximum Gasteiger partial charge on any atom is 0.0615 e. The molecule has 0 bridgehead atoms. The molecule has 1 unspecified atom stereocenters. The fourth-order valence-electron chi connectivity index (χ4n) is 1.41. The SMILES string of the molecule is CC[C@H](CO)NC(CCCN)COC. The largest absolute Gasteiger partial charge is 0.395 e. The fraction of sp³-hybridized carbons (Fsp3) is 1.00. The van der Waals surface area contributed by atoms with Crippen molar-refractivity contribution in [3.63, 3.8) is 0 Å². The summed E-state index contributed by atoms with van der Waals surface area (Å²) in [6.07, 6.45) is 2.92. The maximum atomic E-state index is 9.04. The van der Waals surface area contributed by atoms with Gasteiger partial charge in [0.05, 0.1) is 13.2 Å². The monoisotopic (exact) mass is 204 g/mol. The first-order valence-electron chi connectivity index (χ1n) is 5.34. The van der Waals surface area contributed by atoms with Gasteiger partial charge in [-0.15, -0.1) is 0 Å². The first-order chi connectivity index (χ1) is 6.78. The van der Waals surface area contributed by atoms with Crippen LogP contribution in [0.4, 0.5) is 0 Å². The van der Waals surface area contributed by atoms with Crippen molar-refractivity contribution < 1.29 is 9.84 Å². The summed E-state index contributed by atoms with van der Waals surface area (Å²) < 4.78 is 5.11. The van der Waals surface area contributed by atoms with E-state index >= 15 is 0 Å². The van der Waals surface area contributed by atoms with Crippen LogP contribution in [0.15, 0.2) is 0 Å². The molecule has 0 aliphatic heterocycles. The molecule has 0 rings (SSSR count). The van der Waals surface area contributed by atoms with Crippen molar-refractivity contribution >= 4 is 0 Å². The molecule has 0 heterocycles. The molecular weight excluding hydrogens is 180 g/mol. The number of ether oxygens (including phenoxy) is 1. The molecule has 0 aliphatic rings. The van der Waals surface area contributed by atoms with Crippen LogP contribution < -0.4 is 11.1 Å². The lowest BCUT2D eigenvalue weighted by Gasteiger charge is -2.23. The van der Waals surface area contributed by atoms with Gasteiger partial charge in [-0.05, 0) is 25.8 Å². The van der Waals surface area contributed by atoms with Gasteiger partial charge in [-0.1, -0.05) is 6.92 Å². The average Bonchev–Trinajstić information content (AvgIpc) is 2.22. The molecule has 14 heavy (non-hydrogen) atoms. The molecule has 0 aromatic heterocycles. The number of aliphatic hydroxyl groups excluding tert-OH is 1. The molecule has 0 saturated carbocycles. The Morgan fingerprint density at radius 2 is 2.14 bits per heavy atom. The number of aliphatic hydroxyl groups is 1. The van der Waals surface area contributed by atoms with Crippen molar-refractivity contribution in [1.82, 2.24) is 5.32 Å². The molecule has 0 radical (unpaired) electrons. The molecule has 4 N–H and O–H groups in total. The van der Waals surface area contributed by atoms with E-state index < -0.39 is 0 Å². The first kappa shape index (κ1) is 13.8. The number of rotatable bonds is 9. The van der Waals surface area contributed by atoms with Crippen molar-refractivity contribution in [2.75, 3.05) is 26.9 Å². The molecule has 0 amide bonds. The second kappa shape index (κ2) is 9.40. The summed E-state index contributed by atoms with van der Waals surface area (Å²) >= 11 is 0. The molecule has 4 heteroatoms. The Labute approximate surface area is 86.8 Å². The van der Waals surface area contributed by atoms with Gasteiger partial charge in [-0.3, -0.25) is 0 Å². The van der Waals surface area contributed by atoms with Gasteiger partial charge in [0.25, 0.3) is 0 Å². The zero-order valence-electron chi connectivity index (χ0n) is 9.33. The van der Waals surface area contributed by atoms with Crippen molar-refractivity contribution in [1.29, 1.82) is 0 Å². The average molecular weight is 204 g/mol. The van der Waals surface area contributed by atoms with Crippen LogP contribution in [0.5, 0.6) is 0 Å². The normalized spacial score (nSPS) is 15.4. The lowest BCUT2D eigenvalue weighted by atomic mass is 10.1. The van der Waals surface area contributed by atoms with E-state index in [1.165, 1.54) is 0 Å². The Balaban J connectivity index is 3.80. The fourth-order valence-corrected chi connectivity index (χ4v) is 1.41. The van der Waals surface area contributed by atoms with Crippen LogP contribution in [0.3, 0.4) is 0 Å². The molecule has 0 aliphatic carbocycles. The van der Waals surface area contributed by atoms with Crippen LogP contribution in [-0.2, 0) is 4.74 Å². The minimum absolute atomic E-state index is 0.174. The minimum Gasteiger partial charge on any atom is -0.395 e. The summed E-state index contributed by atoms with van der Waals surface area (Å²) in [5.74, 6) is 0. The summed E-state index contributed by atoms with van der Waals surface area (Å²) in [4.78, 5) is 0. The van der Waals surface area contributed by atoms with Crippen molar-refractivity contribution in [2.24, 2.45) is 5.73 Å². The van der Waals surface area contributed by atoms with Crippen LogP contribution in [-0.4, -0.2) is 44.1 Å². The van der Waals surface area contributed by atoms with E-state index in [0.717, 1.165) is 19.3 Å². The number of hydrogen-bond donors (Lipinski definition) is 3. The van der Waals surface area contributed by atoms with Gasteiger partial charge < -0.3 is 20.9 Å². The first-order valence-corrected chi connectivity index (χ1v) is 5.34. The van der Waals surface area contributed by atoms with E-state index in [1.54, 1.807) is 7.11 Å². The minimum atomic E-state index is 0.174. The van der Waals surface area contributed by atoms with Crippen LogP contribution >= 0.6 is 0 Å². The molecule has 86 valence electrons. The van der Waals surface area contributed by atoms with E-state index in [9.17, 15) is 0 Å². The highest BCUT2D eigenvalue weighted by molar-refractivity contribution is 4.72. The smallest absolute Gasteiger partial charge is 0.0615 e. The highest BCUT2D eigenvalue weighted by Crippen LogP contribution is 2.00. The zero-order valence-corrected chi connectivity index (χ0v) is 9.33. The van der Waals surface area contributed by atoms with Gasteiger partial charge in [-0.25, -0.2) is 0 Å². The highest BCUT2D eigenvalue weighted by Gasteiger charge is 2.12. The quantitative estimate of drug-likeness (QED) is 0.498. The third kappa shape index (κ3) is 6.32. The Morgan fingerprint density at radius 3 is 2.57 bits per heavy atom. The van der Waals surface area contributed by atoms with Gasteiger partial charge in [0.1, 0.15) is 0 Å². The van der Waals surface area contributed by atoms with E-state index in [1.807, 2.05) is 0 Å². The zero-order chi connectivity index (χ0) is 10.8. The van der Waals surface area contributed by atoms with Gasteiger partial charge >= 0.3 is 0 Å². The molecular formula is C10H24N2O2. The maximum absolute atomic E-state index is 9.04. The topological polar surface area (TPSA) is 67.5 Å². The molecule has 2 atom stereocenters. The van der Waals surface area contributed by atoms with E-state index in [4.69, 9.17) is 15.6 Å². The van der Waals surface area contributed by atoms with Crippen LogP contribution in [0, 0.1) is 0 Å². The van der Waals surface area contributed by atoms with Gasteiger partial charge in [0, 0.05) is 19.2 Å². The second-order valence-electron chi connectivity index (χ2n) is 3.54. The van der Waals surface area contributed by atoms with Crippen molar-refractivity contribution in [3.05, 3.63) is 0 Å². The summed E-state index contributed by atoms with van der Waals surface area (Å²) in [7, 11) is 1.69. The van der Waals surface area contributed by atoms with Crippen LogP contribution in [0.1, 0.15) is 26.2 Å². The third-order valence-electron chi connectivity index (χ3n) is 2.31.